The molecule has 0 aromatic rings. The zero-order chi connectivity index (χ0) is 7.99. The Labute approximate surface area is 51.3 Å². The van der Waals surface area contributed by atoms with Crippen LogP contribution in [0.4, 0.5) is 0 Å². The summed E-state index contributed by atoms with van der Waals surface area (Å²) in [5.74, 6) is -1.34. The van der Waals surface area contributed by atoms with Crippen LogP contribution in [-0.4, -0.2) is 11.1 Å². The van der Waals surface area contributed by atoms with E-state index in [1.165, 1.54) is 0 Å². The largest absolute Gasteiger partial charge is 0.481 e. The van der Waals surface area contributed by atoms with Crippen molar-refractivity contribution in [1.82, 2.24) is 0 Å². The Morgan fingerprint density at radius 3 is 2.62 bits per heavy atom. The van der Waals surface area contributed by atoms with E-state index in [1.54, 1.807) is 6.92 Å². The summed E-state index contributed by atoms with van der Waals surface area (Å²) in [5, 5.41) is 8.44. The fourth-order valence-corrected chi connectivity index (χ4v) is 0.571. The third-order valence-electron chi connectivity index (χ3n) is 1.41. The van der Waals surface area contributed by atoms with Crippen molar-refractivity contribution in [3.05, 3.63) is 0 Å². The first-order valence-electron chi connectivity index (χ1n) is 3.63. The second-order valence-corrected chi connectivity index (χ2v) is 2.49. The predicted octanol–water partition coefficient (Wildman–Crippen LogP) is 1.26. The number of aliphatic carboxylic acids is 1. The zero-order valence-corrected chi connectivity index (χ0v) is 4.77. The Kier molecular flexibility index (Phi) is 0.641. The smallest absolute Gasteiger partial charge is 0.303 e. The molecule has 0 aromatic heterocycles. The van der Waals surface area contributed by atoms with Crippen LogP contribution >= 0.6 is 0 Å². The van der Waals surface area contributed by atoms with E-state index < -0.39 is 17.8 Å². The molecular weight excluding hydrogens is 104 g/mol. The van der Waals surface area contributed by atoms with Crippen molar-refractivity contribution >= 4 is 5.97 Å². The summed E-state index contributed by atoms with van der Waals surface area (Å²) in [6, 6.07) is 0. The molecule has 2 heteroatoms. The molecule has 0 unspecified atom stereocenters. The fourth-order valence-electron chi connectivity index (χ4n) is 0.571. The number of carboxylic acid groups (broad SMARTS) is 1. The van der Waals surface area contributed by atoms with Crippen LogP contribution in [0, 0.1) is 5.41 Å². The van der Waals surface area contributed by atoms with E-state index in [0.29, 0.717) is 12.8 Å². The van der Waals surface area contributed by atoms with Crippen molar-refractivity contribution < 1.29 is 12.6 Å². The summed E-state index contributed by atoms with van der Waals surface area (Å²) in [6.07, 6.45) is -0.661. The van der Waals surface area contributed by atoms with Crippen molar-refractivity contribution in [3.63, 3.8) is 0 Å². The second-order valence-electron chi connectivity index (χ2n) is 2.49. The van der Waals surface area contributed by atoms with Gasteiger partial charge in [-0.25, -0.2) is 0 Å². The first kappa shape index (κ1) is 3.49. The molecule has 2 nitrogen and oxygen atoms in total. The van der Waals surface area contributed by atoms with Gasteiger partial charge in [0.2, 0.25) is 0 Å². The molecule has 0 atom stereocenters. The van der Waals surface area contributed by atoms with Crippen LogP contribution in [0.15, 0.2) is 0 Å². The van der Waals surface area contributed by atoms with Crippen LogP contribution in [0.2, 0.25) is 0 Å². The maximum atomic E-state index is 10.3. The number of carboxylic acids is 1. The summed E-state index contributed by atoms with van der Waals surface area (Å²) in [7, 11) is 0. The lowest BCUT2D eigenvalue weighted by atomic mass is 10.1. The number of carbonyl (C=O) groups is 1. The van der Waals surface area contributed by atoms with Gasteiger partial charge in [0.05, 0.1) is 6.37 Å². The van der Waals surface area contributed by atoms with Gasteiger partial charge < -0.3 is 5.11 Å². The van der Waals surface area contributed by atoms with E-state index in [9.17, 15) is 4.79 Å². The first-order valence-corrected chi connectivity index (χ1v) is 2.63. The average Bonchev–Trinajstić information content (AvgIpc) is 2.48. The number of hydrogen-bond acceptors (Lipinski definition) is 1. The highest BCUT2D eigenvalue weighted by atomic mass is 16.4. The maximum Gasteiger partial charge on any atom is 0.303 e. The third-order valence-corrected chi connectivity index (χ3v) is 1.41. The molecule has 0 amide bonds. The van der Waals surface area contributed by atoms with E-state index in [4.69, 9.17) is 7.85 Å². The van der Waals surface area contributed by atoms with Crippen molar-refractivity contribution in [2.24, 2.45) is 5.41 Å². The summed E-state index contributed by atoms with van der Waals surface area (Å²) in [4.78, 5) is 10.3. The van der Waals surface area contributed by atoms with E-state index in [2.05, 4.69) is 0 Å². The van der Waals surface area contributed by atoms with Gasteiger partial charge in [0.25, 0.3) is 0 Å². The van der Waals surface area contributed by atoms with Crippen LogP contribution < -0.4 is 0 Å². The van der Waals surface area contributed by atoms with Gasteiger partial charge in [0, 0.05) is 2.74 Å². The summed E-state index contributed by atoms with van der Waals surface area (Å²) in [6.45, 7) is 1.67. The van der Waals surface area contributed by atoms with Gasteiger partial charge in [0.15, 0.2) is 0 Å². The van der Waals surface area contributed by atoms with Crippen LogP contribution in [0.1, 0.15) is 28.9 Å². The molecule has 1 N–H and O–H groups in total. The third kappa shape index (κ3) is 1.22. The Morgan fingerprint density at radius 2 is 2.50 bits per heavy atom. The molecule has 0 aromatic carbocycles. The van der Waals surface area contributed by atoms with Gasteiger partial charge in [-0.3, -0.25) is 4.79 Å². The standard InChI is InChI=1S/C6H10O2/c1-6(2-3-6)4-5(7)8/h2-4H2,1H3,(H,7,8)/i4D2. The van der Waals surface area contributed by atoms with Crippen LogP contribution in [-0.2, 0) is 4.79 Å². The lowest BCUT2D eigenvalue weighted by molar-refractivity contribution is -0.138. The minimum atomic E-state index is -2.03. The molecule has 0 saturated heterocycles. The summed E-state index contributed by atoms with van der Waals surface area (Å²) in [5.41, 5.74) is -0.598. The Hall–Kier alpha value is -0.530. The lowest BCUT2D eigenvalue weighted by Gasteiger charge is -1.99. The van der Waals surface area contributed by atoms with Gasteiger partial charge in [-0.2, -0.15) is 0 Å². The van der Waals surface area contributed by atoms with Crippen LogP contribution in [0.5, 0.6) is 0 Å². The van der Waals surface area contributed by atoms with Crippen molar-refractivity contribution in [1.29, 1.82) is 0 Å². The van der Waals surface area contributed by atoms with Crippen molar-refractivity contribution in [2.45, 2.75) is 26.1 Å². The lowest BCUT2D eigenvalue weighted by Crippen LogP contribution is -2.03. The Balaban J connectivity index is 2.77. The van der Waals surface area contributed by atoms with Gasteiger partial charge in [-0.05, 0) is 18.3 Å². The highest BCUT2D eigenvalue weighted by Crippen LogP contribution is 2.47. The molecule has 0 aliphatic heterocycles. The molecule has 8 heavy (non-hydrogen) atoms. The normalized spacial score (nSPS) is 28.1. The summed E-state index contributed by atoms with van der Waals surface area (Å²) >= 11 is 0. The SMILES string of the molecule is [2H]C([2H])(C(=O)O)C1(C)CC1. The quantitative estimate of drug-likeness (QED) is 0.589. The molecule has 1 aliphatic carbocycles. The Bertz CT molecular complexity index is 173. The summed E-state index contributed by atoms with van der Waals surface area (Å²) < 4.78 is 14.3. The second kappa shape index (κ2) is 1.47. The van der Waals surface area contributed by atoms with E-state index in [0.717, 1.165) is 0 Å². The minimum Gasteiger partial charge on any atom is -0.481 e. The molecule has 1 saturated carbocycles. The molecule has 0 radical (unpaired) electrons. The van der Waals surface area contributed by atoms with Crippen molar-refractivity contribution in [3.8, 4) is 0 Å². The van der Waals surface area contributed by atoms with Gasteiger partial charge in [0.1, 0.15) is 0 Å². The first-order chi connectivity index (χ1) is 4.40. The zero-order valence-electron chi connectivity index (χ0n) is 6.77. The average molecular weight is 116 g/mol. The predicted molar refractivity (Wildman–Crippen MR) is 29.6 cm³/mol. The topological polar surface area (TPSA) is 37.3 Å². The Morgan fingerprint density at radius 1 is 2.00 bits per heavy atom. The minimum absolute atomic E-state index is 0.598. The highest BCUT2D eigenvalue weighted by Gasteiger charge is 2.38. The number of rotatable bonds is 2. The molecule has 0 spiro atoms. The van der Waals surface area contributed by atoms with Crippen LogP contribution in [0.3, 0.4) is 0 Å². The van der Waals surface area contributed by atoms with Gasteiger partial charge in [-0.15, -0.1) is 0 Å². The van der Waals surface area contributed by atoms with Crippen LogP contribution in [0.25, 0.3) is 0 Å². The molecule has 1 aliphatic rings. The molecule has 0 bridgehead atoms. The van der Waals surface area contributed by atoms with Gasteiger partial charge in [-0.1, -0.05) is 6.92 Å². The van der Waals surface area contributed by atoms with Crippen molar-refractivity contribution in [2.75, 3.05) is 0 Å². The van der Waals surface area contributed by atoms with Gasteiger partial charge >= 0.3 is 5.97 Å². The highest BCUT2D eigenvalue weighted by molar-refractivity contribution is 5.68. The molecule has 1 rings (SSSR count). The number of hydrogen-bond donors (Lipinski definition) is 1. The monoisotopic (exact) mass is 116 g/mol. The van der Waals surface area contributed by atoms with E-state index in [1.807, 2.05) is 0 Å². The molecule has 1 fully saturated rings. The van der Waals surface area contributed by atoms with E-state index >= 15 is 0 Å². The molecule has 0 heterocycles. The molecular formula is C6H10O2. The molecule has 46 valence electrons. The fraction of sp³-hybridized carbons (Fsp3) is 0.833. The maximum absolute atomic E-state index is 10.3. The van der Waals surface area contributed by atoms with E-state index in [-0.39, 0.29) is 0 Å².